The molecule has 0 spiro atoms. The molecular weight excluding hydrogens is 200 g/mol. The van der Waals surface area contributed by atoms with Crippen molar-refractivity contribution < 1.29 is 9.53 Å². The predicted molar refractivity (Wildman–Crippen MR) is 63.1 cm³/mol. The Balaban J connectivity index is 2.23. The minimum absolute atomic E-state index is 0.695. The van der Waals surface area contributed by atoms with E-state index in [0.29, 0.717) is 5.56 Å². The lowest BCUT2D eigenvalue weighted by Crippen LogP contribution is -1.88. The van der Waals surface area contributed by atoms with Crippen molar-refractivity contribution in [3.8, 4) is 11.5 Å². The molecule has 0 amide bonds. The van der Waals surface area contributed by atoms with Crippen molar-refractivity contribution >= 4 is 6.29 Å². The van der Waals surface area contributed by atoms with Gasteiger partial charge in [0, 0.05) is 5.56 Å². The Morgan fingerprint density at radius 3 is 2.38 bits per heavy atom. The lowest BCUT2D eigenvalue weighted by Gasteiger charge is -2.06. The fraction of sp³-hybridized carbons (Fsp3) is 0.0714. The number of hydrogen-bond donors (Lipinski definition) is 0. The van der Waals surface area contributed by atoms with Crippen LogP contribution >= 0.6 is 0 Å². The van der Waals surface area contributed by atoms with E-state index in [1.807, 2.05) is 43.3 Å². The number of rotatable bonds is 3. The fourth-order valence-electron chi connectivity index (χ4n) is 1.47. The zero-order valence-electron chi connectivity index (χ0n) is 9.01. The average molecular weight is 212 g/mol. The molecule has 0 atom stereocenters. The van der Waals surface area contributed by atoms with Crippen molar-refractivity contribution in [3.05, 3.63) is 59.7 Å². The van der Waals surface area contributed by atoms with Crippen LogP contribution in [-0.2, 0) is 0 Å². The predicted octanol–water partition coefficient (Wildman–Crippen LogP) is 3.60. The summed E-state index contributed by atoms with van der Waals surface area (Å²) in [6, 6.07) is 15.0. The maximum Gasteiger partial charge on any atom is 0.150 e. The van der Waals surface area contributed by atoms with E-state index in [2.05, 4.69) is 0 Å². The highest BCUT2D eigenvalue weighted by Gasteiger charge is 2.00. The van der Waals surface area contributed by atoms with E-state index < -0.39 is 0 Å². The number of carbonyl (C=O) groups excluding carboxylic acids is 1. The van der Waals surface area contributed by atoms with E-state index in [1.165, 1.54) is 0 Å². The quantitative estimate of drug-likeness (QED) is 0.726. The monoisotopic (exact) mass is 212 g/mol. The molecular formula is C14H12O2. The van der Waals surface area contributed by atoms with Gasteiger partial charge in [-0.05, 0) is 42.8 Å². The molecule has 2 nitrogen and oxygen atoms in total. The summed E-state index contributed by atoms with van der Waals surface area (Å²) in [4.78, 5) is 10.7. The van der Waals surface area contributed by atoms with Crippen LogP contribution in [0, 0.1) is 6.92 Å². The Bertz CT molecular complexity index is 489. The first-order chi connectivity index (χ1) is 7.79. The summed E-state index contributed by atoms with van der Waals surface area (Å²) in [5.74, 6) is 1.54. The lowest BCUT2D eigenvalue weighted by atomic mass is 10.1. The van der Waals surface area contributed by atoms with E-state index in [-0.39, 0.29) is 0 Å². The van der Waals surface area contributed by atoms with E-state index in [1.54, 1.807) is 12.1 Å². The molecule has 0 aromatic heterocycles. The van der Waals surface area contributed by atoms with Crippen LogP contribution in [0.1, 0.15) is 15.9 Å². The van der Waals surface area contributed by atoms with Crippen LogP contribution in [0.15, 0.2) is 48.5 Å². The molecule has 16 heavy (non-hydrogen) atoms. The third kappa shape index (κ3) is 2.28. The Kier molecular flexibility index (Phi) is 3.01. The molecule has 0 aliphatic carbocycles. The van der Waals surface area contributed by atoms with E-state index in [4.69, 9.17) is 4.74 Å². The van der Waals surface area contributed by atoms with Gasteiger partial charge in [0.1, 0.15) is 17.8 Å². The van der Waals surface area contributed by atoms with Crippen LogP contribution in [0.4, 0.5) is 0 Å². The molecule has 0 unspecified atom stereocenters. The molecule has 0 radical (unpaired) electrons. The van der Waals surface area contributed by atoms with Gasteiger partial charge in [-0.25, -0.2) is 0 Å². The number of aryl methyl sites for hydroxylation is 1. The zero-order valence-corrected chi connectivity index (χ0v) is 9.01. The highest BCUT2D eigenvalue weighted by Crippen LogP contribution is 2.22. The highest BCUT2D eigenvalue weighted by molar-refractivity contribution is 5.77. The number of para-hydroxylation sites is 1. The second-order valence-corrected chi connectivity index (χ2v) is 3.55. The second kappa shape index (κ2) is 4.62. The molecule has 0 bridgehead atoms. The minimum Gasteiger partial charge on any atom is -0.457 e. The minimum atomic E-state index is 0.695. The van der Waals surface area contributed by atoms with Crippen molar-refractivity contribution in [2.45, 2.75) is 6.92 Å². The summed E-state index contributed by atoms with van der Waals surface area (Å²) in [7, 11) is 0. The number of benzene rings is 2. The van der Waals surface area contributed by atoms with Gasteiger partial charge < -0.3 is 4.74 Å². The maximum atomic E-state index is 10.7. The van der Waals surface area contributed by atoms with Crippen molar-refractivity contribution in [1.29, 1.82) is 0 Å². The van der Waals surface area contributed by atoms with Gasteiger partial charge in [-0.2, -0.15) is 0 Å². The summed E-state index contributed by atoms with van der Waals surface area (Å²) in [6.45, 7) is 1.89. The molecule has 2 heteroatoms. The van der Waals surface area contributed by atoms with Crippen LogP contribution in [0.5, 0.6) is 11.5 Å². The average Bonchev–Trinajstić information content (AvgIpc) is 2.31. The first kappa shape index (κ1) is 10.4. The second-order valence-electron chi connectivity index (χ2n) is 3.55. The van der Waals surface area contributed by atoms with Crippen molar-refractivity contribution in [2.75, 3.05) is 0 Å². The van der Waals surface area contributed by atoms with Crippen LogP contribution in [0.3, 0.4) is 0 Å². The number of carbonyl (C=O) groups is 1. The van der Waals surface area contributed by atoms with Crippen molar-refractivity contribution in [2.24, 2.45) is 0 Å². The Labute approximate surface area is 94.5 Å². The van der Waals surface area contributed by atoms with Crippen LogP contribution in [0.2, 0.25) is 0 Å². The SMILES string of the molecule is Cc1cc(Oc2ccccc2)ccc1C=O. The summed E-state index contributed by atoms with van der Waals surface area (Å²) in [6.07, 6.45) is 0.849. The normalized spacial score (nSPS) is 9.81. The van der Waals surface area contributed by atoms with Gasteiger partial charge in [0.25, 0.3) is 0 Å². The third-order valence-corrected chi connectivity index (χ3v) is 2.35. The molecule has 0 saturated carbocycles. The molecule has 0 aliphatic rings. The van der Waals surface area contributed by atoms with Gasteiger partial charge in [-0.1, -0.05) is 18.2 Å². The van der Waals surface area contributed by atoms with Gasteiger partial charge in [0.05, 0.1) is 0 Å². The largest absolute Gasteiger partial charge is 0.457 e. The molecule has 2 aromatic rings. The Morgan fingerprint density at radius 1 is 1.00 bits per heavy atom. The summed E-state index contributed by atoms with van der Waals surface area (Å²) in [5, 5.41) is 0. The Hall–Kier alpha value is -2.09. The van der Waals surface area contributed by atoms with Gasteiger partial charge in [-0.15, -0.1) is 0 Å². The summed E-state index contributed by atoms with van der Waals surface area (Å²) in [5.41, 5.74) is 1.61. The molecule has 2 rings (SSSR count). The molecule has 0 fully saturated rings. The number of aldehydes is 1. The topological polar surface area (TPSA) is 26.3 Å². The molecule has 0 aliphatic heterocycles. The van der Waals surface area contributed by atoms with E-state index in [9.17, 15) is 4.79 Å². The van der Waals surface area contributed by atoms with Crippen molar-refractivity contribution in [3.63, 3.8) is 0 Å². The first-order valence-electron chi connectivity index (χ1n) is 5.08. The number of ether oxygens (including phenoxy) is 1. The maximum absolute atomic E-state index is 10.7. The number of hydrogen-bond acceptors (Lipinski definition) is 2. The fourth-order valence-corrected chi connectivity index (χ4v) is 1.47. The van der Waals surface area contributed by atoms with E-state index in [0.717, 1.165) is 23.3 Å². The van der Waals surface area contributed by atoms with Gasteiger partial charge in [-0.3, -0.25) is 4.79 Å². The smallest absolute Gasteiger partial charge is 0.150 e. The molecule has 2 aromatic carbocycles. The van der Waals surface area contributed by atoms with Crippen LogP contribution in [-0.4, -0.2) is 6.29 Å². The molecule has 0 saturated heterocycles. The molecule has 80 valence electrons. The summed E-state index contributed by atoms with van der Waals surface area (Å²) >= 11 is 0. The Morgan fingerprint density at radius 2 is 1.75 bits per heavy atom. The summed E-state index contributed by atoms with van der Waals surface area (Å²) < 4.78 is 5.64. The highest BCUT2D eigenvalue weighted by atomic mass is 16.5. The first-order valence-corrected chi connectivity index (χ1v) is 5.08. The van der Waals surface area contributed by atoms with Crippen LogP contribution in [0.25, 0.3) is 0 Å². The molecule has 0 N–H and O–H groups in total. The third-order valence-electron chi connectivity index (χ3n) is 2.35. The van der Waals surface area contributed by atoms with Crippen LogP contribution < -0.4 is 4.74 Å². The van der Waals surface area contributed by atoms with Crippen molar-refractivity contribution in [1.82, 2.24) is 0 Å². The standard InChI is InChI=1S/C14H12O2/c1-11-9-14(8-7-12(11)10-15)16-13-5-3-2-4-6-13/h2-10H,1H3. The zero-order chi connectivity index (χ0) is 11.4. The van der Waals surface area contributed by atoms with Gasteiger partial charge in [0.15, 0.2) is 0 Å². The molecule has 0 heterocycles. The van der Waals surface area contributed by atoms with Gasteiger partial charge in [0.2, 0.25) is 0 Å². The van der Waals surface area contributed by atoms with Gasteiger partial charge >= 0.3 is 0 Å². The van der Waals surface area contributed by atoms with E-state index >= 15 is 0 Å². The lowest BCUT2D eigenvalue weighted by molar-refractivity contribution is 0.112.